The van der Waals surface area contributed by atoms with E-state index in [9.17, 15) is 0 Å². The molecule has 1 saturated heterocycles. The Morgan fingerprint density at radius 1 is 1.33 bits per heavy atom. The standard InChI is InChI=1S/C7H11NO/c1-2-8-4-3-6-9-7-5-8/h1H,3-7H2. The van der Waals surface area contributed by atoms with Crippen LogP contribution in [-0.4, -0.2) is 31.2 Å². The first kappa shape index (κ1) is 6.44. The summed E-state index contributed by atoms with van der Waals surface area (Å²) in [7, 11) is 0. The van der Waals surface area contributed by atoms with E-state index in [1.807, 2.05) is 4.90 Å². The molecule has 0 aliphatic carbocycles. The summed E-state index contributed by atoms with van der Waals surface area (Å²) in [6, 6.07) is 2.60. The number of ether oxygens (including phenoxy) is 1. The Morgan fingerprint density at radius 2 is 2.22 bits per heavy atom. The third-order valence-electron chi connectivity index (χ3n) is 1.40. The van der Waals surface area contributed by atoms with Crippen molar-refractivity contribution in [1.82, 2.24) is 4.90 Å². The summed E-state index contributed by atoms with van der Waals surface area (Å²) in [5.41, 5.74) is 0. The Kier molecular flexibility index (Phi) is 2.41. The van der Waals surface area contributed by atoms with Crippen LogP contribution in [0.5, 0.6) is 0 Å². The molecule has 9 heavy (non-hydrogen) atoms. The first-order valence-corrected chi connectivity index (χ1v) is 3.22. The maximum Gasteiger partial charge on any atom is 0.0648 e. The van der Waals surface area contributed by atoms with Crippen LogP contribution in [0.3, 0.4) is 0 Å². The molecule has 0 saturated carbocycles. The number of hydrogen-bond acceptors (Lipinski definition) is 2. The van der Waals surface area contributed by atoms with Crippen LogP contribution < -0.4 is 0 Å². The van der Waals surface area contributed by atoms with Gasteiger partial charge in [0.1, 0.15) is 0 Å². The molecule has 0 radical (unpaired) electrons. The molecular formula is C7H11NO. The van der Waals surface area contributed by atoms with Crippen LogP contribution in [0.15, 0.2) is 0 Å². The Bertz CT molecular complexity index is 109. The van der Waals surface area contributed by atoms with Gasteiger partial charge in [0.2, 0.25) is 0 Å². The van der Waals surface area contributed by atoms with Gasteiger partial charge in [0.05, 0.1) is 6.61 Å². The lowest BCUT2D eigenvalue weighted by Crippen LogP contribution is -2.20. The van der Waals surface area contributed by atoms with Crippen molar-refractivity contribution in [3.8, 4) is 12.5 Å². The third-order valence-corrected chi connectivity index (χ3v) is 1.40. The van der Waals surface area contributed by atoms with Crippen molar-refractivity contribution in [3.63, 3.8) is 0 Å². The van der Waals surface area contributed by atoms with Crippen LogP contribution >= 0.6 is 0 Å². The van der Waals surface area contributed by atoms with E-state index in [2.05, 4.69) is 6.04 Å². The maximum atomic E-state index is 5.19. The average Bonchev–Trinajstić information content (AvgIpc) is 2.13. The van der Waals surface area contributed by atoms with E-state index in [0.717, 1.165) is 32.7 Å². The summed E-state index contributed by atoms with van der Waals surface area (Å²) in [6.07, 6.45) is 6.25. The Labute approximate surface area is 55.8 Å². The van der Waals surface area contributed by atoms with Crippen molar-refractivity contribution in [2.75, 3.05) is 26.3 Å². The smallest absolute Gasteiger partial charge is 0.0648 e. The highest BCUT2D eigenvalue weighted by Gasteiger charge is 2.03. The van der Waals surface area contributed by atoms with E-state index in [1.165, 1.54) is 0 Å². The van der Waals surface area contributed by atoms with Gasteiger partial charge in [-0.15, -0.1) is 0 Å². The molecule has 0 aromatic carbocycles. The zero-order valence-electron chi connectivity index (χ0n) is 5.47. The lowest BCUT2D eigenvalue weighted by Gasteiger charge is -2.11. The van der Waals surface area contributed by atoms with Crippen molar-refractivity contribution in [1.29, 1.82) is 0 Å². The quantitative estimate of drug-likeness (QED) is 0.432. The predicted octanol–water partition coefficient (Wildman–Crippen LogP) is 0.299. The van der Waals surface area contributed by atoms with Gasteiger partial charge in [-0.2, -0.15) is 0 Å². The average molecular weight is 125 g/mol. The number of hydrogen-bond donors (Lipinski definition) is 0. The van der Waals surface area contributed by atoms with E-state index in [4.69, 9.17) is 11.2 Å². The van der Waals surface area contributed by atoms with Crippen LogP contribution in [-0.2, 0) is 4.74 Å². The minimum atomic E-state index is 0.782. The maximum absolute atomic E-state index is 5.19. The van der Waals surface area contributed by atoms with E-state index in [-0.39, 0.29) is 0 Å². The van der Waals surface area contributed by atoms with Crippen LogP contribution in [0.4, 0.5) is 0 Å². The van der Waals surface area contributed by atoms with Crippen LogP contribution in [0.2, 0.25) is 0 Å². The molecule has 0 atom stereocenters. The highest BCUT2D eigenvalue weighted by molar-refractivity contribution is 4.85. The zero-order chi connectivity index (χ0) is 6.53. The van der Waals surface area contributed by atoms with Gasteiger partial charge >= 0.3 is 0 Å². The van der Waals surface area contributed by atoms with E-state index >= 15 is 0 Å². The van der Waals surface area contributed by atoms with Gasteiger partial charge in [0.15, 0.2) is 0 Å². The molecule has 1 aliphatic rings. The minimum absolute atomic E-state index is 0.782. The van der Waals surface area contributed by atoms with Crippen LogP contribution in [0.1, 0.15) is 6.42 Å². The molecule has 0 spiro atoms. The number of nitrogens with zero attached hydrogens (tertiary/aromatic N) is 1. The van der Waals surface area contributed by atoms with E-state index in [1.54, 1.807) is 0 Å². The highest BCUT2D eigenvalue weighted by Crippen LogP contribution is 1.95. The molecule has 1 heterocycles. The van der Waals surface area contributed by atoms with Crippen molar-refractivity contribution in [3.05, 3.63) is 0 Å². The molecule has 1 rings (SSSR count). The molecule has 0 unspecified atom stereocenters. The first-order chi connectivity index (χ1) is 4.43. The SMILES string of the molecule is C#CN1CCCOCC1. The lowest BCUT2D eigenvalue weighted by atomic mass is 10.4. The summed E-state index contributed by atoms with van der Waals surface area (Å²) in [5.74, 6) is 0. The molecule has 0 aromatic heterocycles. The molecule has 0 N–H and O–H groups in total. The Balaban J connectivity index is 2.29. The Hall–Kier alpha value is -0.680. The molecule has 50 valence electrons. The van der Waals surface area contributed by atoms with E-state index < -0.39 is 0 Å². The predicted molar refractivity (Wildman–Crippen MR) is 35.8 cm³/mol. The van der Waals surface area contributed by atoms with E-state index in [0.29, 0.717) is 0 Å². The zero-order valence-corrected chi connectivity index (χ0v) is 5.47. The van der Waals surface area contributed by atoms with Gasteiger partial charge in [0, 0.05) is 25.7 Å². The largest absolute Gasteiger partial charge is 0.380 e. The monoisotopic (exact) mass is 125 g/mol. The van der Waals surface area contributed by atoms with Gasteiger partial charge in [-0.05, 0) is 6.42 Å². The van der Waals surface area contributed by atoms with Gasteiger partial charge < -0.3 is 9.64 Å². The highest BCUT2D eigenvalue weighted by atomic mass is 16.5. The fourth-order valence-corrected chi connectivity index (χ4v) is 0.875. The summed E-state index contributed by atoms with van der Waals surface area (Å²) in [6.45, 7) is 3.51. The normalized spacial score (nSPS) is 20.6. The molecule has 2 nitrogen and oxygen atoms in total. The fourth-order valence-electron chi connectivity index (χ4n) is 0.875. The molecule has 1 aliphatic heterocycles. The van der Waals surface area contributed by atoms with Gasteiger partial charge in [-0.25, -0.2) is 0 Å². The first-order valence-electron chi connectivity index (χ1n) is 3.22. The van der Waals surface area contributed by atoms with Crippen molar-refractivity contribution >= 4 is 0 Å². The topological polar surface area (TPSA) is 12.5 Å². The van der Waals surface area contributed by atoms with Gasteiger partial charge in [-0.1, -0.05) is 6.42 Å². The number of terminal acetylenes is 1. The molecule has 2 heteroatoms. The molecule has 0 amide bonds. The van der Waals surface area contributed by atoms with Crippen molar-refractivity contribution in [2.45, 2.75) is 6.42 Å². The second-order valence-corrected chi connectivity index (χ2v) is 2.08. The summed E-state index contributed by atoms with van der Waals surface area (Å²) < 4.78 is 5.19. The third kappa shape index (κ3) is 1.95. The molecular weight excluding hydrogens is 114 g/mol. The van der Waals surface area contributed by atoms with Crippen LogP contribution in [0, 0.1) is 12.5 Å². The van der Waals surface area contributed by atoms with Gasteiger partial charge in [-0.3, -0.25) is 0 Å². The minimum Gasteiger partial charge on any atom is -0.380 e. The summed E-state index contributed by atoms with van der Waals surface area (Å²) in [4.78, 5) is 1.95. The fraction of sp³-hybridized carbons (Fsp3) is 0.714. The second kappa shape index (κ2) is 3.37. The van der Waals surface area contributed by atoms with Crippen molar-refractivity contribution in [2.24, 2.45) is 0 Å². The Morgan fingerprint density at radius 3 is 3.00 bits per heavy atom. The van der Waals surface area contributed by atoms with Crippen LogP contribution in [0.25, 0.3) is 0 Å². The summed E-state index contributed by atoms with van der Waals surface area (Å²) >= 11 is 0. The van der Waals surface area contributed by atoms with Gasteiger partial charge in [0.25, 0.3) is 0 Å². The number of rotatable bonds is 0. The lowest BCUT2D eigenvalue weighted by molar-refractivity contribution is 0.147. The molecule has 0 bridgehead atoms. The molecule has 1 fully saturated rings. The second-order valence-electron chi connectivity index (χ2n) is 2.08. The summed E-state index contributed by atoms with van der Waals surface area (Å²) in [5, 5.41) is 0. The van der Waals surface area contributed by atoms with Crippen molar-refractivity contribution < 1.29 is 4.74 Å². The molecule has 0 aromatic rings.